The topological polar surface area (TPSA) is 33.1 Å². The number of benzene rings is 1. The summed E-state index contributed by atoms with van der Waals surface area (Å²) in [4.78, 5) is 4.30. The Kier molecular flexibility index (Phi) is 4.27. The van der Waals surface area contributed by atoms with Crippen LogP contribution in [0.4, 0.5) is 4.39 Å². The van der Waals surface area contributed by atoms with Gasteiger partial charge in [-0.2, -0.15) is 0 Å². The first-order valence-electron chi connectivity index (χ1n) is 6.48. The number of hydrogen-bond donors (Lipinski definition) is 1. The molecule has 0 amide bonds. The van der Waals surface area contributed by atoms with Gasteiger partial charge in [0, 0.05) is 18.3 Å². The molecule has 1 heterocycles. The predicted octanol–water partition coefficient (Wildman–Crippen LogP) is 3.37. The molecule has 0 aliphatic carbocycles. The number of halogens is 1. The van der Waals surface area contributed by atoms with E-state index in [4.69, 9.17) is 0 Å². The number of aromatic nitrogens is 1. The Morgan fingerprint density at radius 2 is 2.05 bits per heavy atom. The number of aliphatic hydroxyl groups excluding tert-OH is 1. The van der Waals surface area contributed by atoms with Gasteiger partial charge in [0.05, 0.1) is 6.10 Å². The minimum absolute atomic E-state index is 0.286. The number of pyridine rings is 1. The molecule has 1 aromatic heterocycles. The van der Waals surface area contributed by atoms with E-state index in [2.05, 4.69) is 11.9 Å². The molecule has 0 saturated heterocycles. The first-order valence-corrected chi connectivity index (χ1v) is 6.48. The minimum Gasteiger partial charge on any atom is -0.388 e. The van der Waals surface area contributed by atoms with Crippen molar-refractivity contribution in [2.24, 2.45) is 0 Å². The normalized spacial score (nSPS) is 12.4. The van der Waals surface area contributed by atoms with Crippen molar-refractivity contribution in [3.05, 3.63) is 64.7 Å². The first kappa shape index (κ1) is 13.7. The molecule has 2 aromatic rings. The quantitative estimate of drug-likeness (QED) is 0.913. The summed E-state index contributed by atoms with van der Waals surface area (Å²) in [6.45, 7) is 3.77. The summed E-state index contributed by atoms with van der Waals surface area (Å²) in [7, 11) is 0. The summed E-state index contributed by atoms with van der Waals surface area (Å²) in [6.07, 6.45) is 2.43. The zero-order valence-corrected chi connectivity index (χ0v) is 11.2. The molecule has 0 aliphatic heterocycles. The summed E-state index contributed by atoms with van der Waals surface area (Å²) < 4.78 is 13.5. The van der Waals surface area contributed by atoms with Gasteiger partial charge in [0.1, 0.15) is 5.82 Å². The van der Waals surface area contributed by atoms with Crippen LogP contribution < -0.4 is 0 Å². The molecular formula is C16H18FNO. The third-order valence-electron chi connectivity index (χ3n) is 3.28. The van der Waals surface area contributed by atoms with Crippen LogP contribution in [0.3, 0.4) is 0 Å². The SMILES string of the molecule is CCc1ccc(CC(O)c2ccc(C)c(F)c2)nc1. The van der Waals surface area contributed by atoms with Gasteiger partial charge < -0.3 is 5.11 Å². The average Bonchev–Trinajstić information content (AvgIpc) is 2.42. The Morgan fingerprint density at radius 1 is 1.26 bits per heavy atom. The molecule has 100 valence electrons. The van der Waals surface area contributed by atoms with E-state index >= 15 is 0 Å². The van der Waals surface area contributed by atoms with E-state index in [-0.39, 0.29) is 5.82 Å². The number of aryl methyl sites for hydroxylation is 2. The lowest BCUT2D eigenvalue weighted by Gasteiger charge is -2.11. The molecule has 0 aliphatic rings. The van der Waals surface area contributed by atoms with Crippen molar-refractivity contribution in [3.63, 3.8) is 0 Å². The van der Waals surface area contributed by atoms with Crippen LogP contribution >= 0.6 is 0 Å². The van der Waals surface area contributed by atoms with E-state index in [1.807, 2.05) is 18.3 Å². The van der Waals surface area contributed by atoms with Crippen molar-refractivity contribution in [2.75, 3.05) is 0 Å². The Labute approximate surface area is 112 Å². The van der Waals surface area contributed by atoms with Gasteiger partial charge in [0.15, 0.2) is 0 Å². The van der Waals surface area contributed by atoms with Gasteiger partial charge in [-0.3, -0.25) is 4.98 Å². The van der Waals surface area contributed by atoms with E-state index in [1.54, 1.807) is 19.1 Å². The lowest BCUT2D eigenvalue weighted by molar-refractivity contribution is 0.176. The fraction of sp³-hybridized carbons (Fsp3) is 0.312. The summed E-state index contributed by atoms with van der Waals surface area (Å²) in [5.74, 6) is -0.286. The van der Waals surface area contributed by atoms with Crippen molar-refractivity contribution in [3.8, 4) is 0 Å². The van der Waals surface area contributed by atoms with Crippen molar-refractivity contribution in [2.45, 2.75) is 32.8 Å². The van der Waals surface area contributed by atoms with Crippen LogP contribution in [0.1, 0.15) is 35.4 Å². The Hall–Kier alpha value is -1.74. The molecule has 0 bridgehead atoms. The van der Waals surface area contributed by atoms with Crippen LogP contribution in [0.25, 0.3) is 0 Å². The van der Waals surface area contributed by atoms with Crippen LogP contribution in [0.2, 0.25) is 0 Å². The molecule has 1 unspecified atom stereocenters. The zero-order chi connectivity index (χ0) is 13.8. The fourth-order valence-electron chi connectivity index (χ4n) is 1.92. The molecule has 2 rings (SSSR count). The third kappa shape index (κ3) is 3.38. The summed E-state index contributed by atoms with van der Waals surface area (Å²) in [6, 6.07) is 8.74. The lowest BCUT2D eigenvalue weighted by atomic mass is 10.0. The fourth-order valence-corrected chi connectivity index (χ4v) is 1.92. The molecule has 0 spiro atoms. The highest BCUT2D eigenvalue weighted by Crippen LogP contribution is 2.20. The maximum atomic E-state index is 13.5. The monoisotopic (exact) mass is 259 g/mol. The molecule has 0 saturated carbocycles. The Morgan fingerprint density at radius 3 is 2.63 bits per heavy atom. The van der Waals surface area contributed by atoms with E-state index in [0.717, 1.165) is 12.1 Å². The first-order chi connectivity index (χ1) is 9.10. The van der Waals surface area contributed by atoms with Crippen LogP contribution in [0, 0.1) is 12.7 Å². The third-order valence-corrected chi connectivity index (χ3v) is 3.28. The summed E-state index contributed by atoms with van der Waals surface area (Å²) >= 11 is 0. The van der Waals surface area contributed by atoms with E-state index in [1.165, 1.54) is 11.6 Å². The summed E-state index contributed by atoms with van der Waals surface area (Å²) in [5.41, 5.74) is 3.15. The maximum absolute atomic E-state index is 13.5. The van der Waals surface area contributed by atoms with E-state index < -0.39 is 6.10 Å². The van der Waals surface area contributed by atoms with Gasteiger partial charge in [0.2, 0.25) is 0 Å². The number of nitrogens with zero attached hydrogens (tertiary/aromatic N) is 1. The molecule has 19 heavy (non-hydrogen) atoms. The highest BCUT2D eigenvalue weighted by Gasteiger charge is 2.11. The Balaban J connectivity index is 2.10. The van der Waals surface area contributed by atoms with Crippen LogP contribution in [0.15, 0.2) is 36.5 Å². The average molecular weight is 259 g/mol. The van der Waals surface area contributed by atoms with Gasteiger partial charge >= 0.3 is 0 Å². The second-order valence-corrected chi connectivity index (χ2v) is 4.74. The standard InChI is InChI=1S/C16H18FNO/c1-3-12-5-7-14(18-10-12)9-16(19)13-6-4-11(2)15(17)8-13/h4-8,10,16,19H,3,9H2,1-2H3. The van der Waals surface area contributed by atoms with Crippen molar-refractivity contribution in [1.82, 2.24) is 4.98 Å². The largest absolute Gasteiger partial charge is 0.388 e. The van der Waals surface area contributed by atoms with Crippen LogP contribution in [-0.4, -0.2) is 10.1 Å². The maximum Gasteiger partial charge on any atom is 0.126 e. The zero-order valence-electron chi connectivity index (χ0n) is 11.2. The van der Waals surface area contributed by atoms with Crippen molar-refractivity contribution < 1.29 is 9.50 Å². The van der Waals surface area contributed by atoms with Crippen LogP contribution in [-0.2, 0) is 12.8 Å². The molecule has 1 N–H and O–H groups in total. The smallest absolute Gasteiger partial charge is 0.126 e. The summed E-state index contributed by atoms with van der Waals surface area (Å²) in [5, 5.41) is 10.1. The number of hydrogen-bond acceptors (Lipinski definition) is 2. The van der Waals surface area contributed by atoms with Crippen molar-refractivity contribution >= 4 is 0 Å². The second-order valence-electron chi connectivity index (χ2n) is 4.74. The molecule has 0 fully saturated rings. The number of rotatable bonds is 4. The highest BCUT2D eigenvalue weighted by atomic mass is 19.1. The van der Waals surface area contributed by atoms with Crippen molar-refractivity contribution in [1.29, 1.82) is 0 Å². The molecular weight excluding hydrogens is 241 g/mol. The molecule has 1 aromatic carbocycles. The highest BCUT2D eigenvalue weighted by molar-refractivity contribution is 5.26. The van der Waals surface area contributed by atoms with Gasteiger partial charge in [-0.25, -0.2) is 4.39 Å². The minimum atomic E-state index is -0.727. The second kappa shape index (κ2) is 5.93. The van der Waals surface area contributed by atoms with Gasteiger partial charge in [-0.15, -0.1) is 0 Å². The molecule has 0 radical (unpaired) electrons. The molecule has 3 heteroatoms. The van der Waals surface area contributed by atoms with E-state index in [9.17, 15) is 9.50 Å². The van der Waals surface area contributed by atoms with Gasteiger partial charge in [0.25, 0.3) is 0 Å². The lowest BCUT2D eigenvalue weighted by Crippen LogP contribution is -2.04. The Bertz CT molecular complexity index is 551. The van der Waals surface area contributed by atoms with E-state index in [0.29, 0.717) is 17.5 Å². The number of aliphatic hydroxyl groups is 1. The van der Waals surface area contributed by atoms with Gasteiger partial charge in [-0.05, 0) is 42.2 Å². The van der Waals surface area contributed by atoms with Gasteiger partial charge in [-0.1, -0.05) is 25.1 Å². The predicted molar refractivity (Wildman–Crippen MR) is 73.4 cm³/mol. The van der Waals surface area contributed by atoms with Crippen LogP contribution in [0.5, 0.6) is 0 Å². The molecule has 2 nitrogen and oxygen atoms in total. The molecule has 1 atom stereocenters.